The number of alkyl carbamates (subject to hydrolysis) is 1. The fourth-order valence-corrected chi connectivity index (χ4v) is 5.59. The highest BCUT2D eigenvalue weighted by atomic mass is 16.5. The van der Waals surface area contributed by atoms with E-state index in [-0.39, 0.29) is 12.8 Å². The van der Waals surface area contributed by atoms with E-state index in [9.17, 15) is 24.6 Å². The Morgan fingerprint density at radius 1 is 0.848 bits per heavy atom. The van der Waals surface area contributed by atoms with Crippen LogP contribution in [-0.4, -0.2) is 75.1 Å². The molecule has 0 unspecified atom stereocenters. The van der Waals surface area contributed by atoms with Gasteiger partial charge in [0.2, 0.25) is 5.91 Å². The van der Waals surface area contributed by atoms with Gasteiger partial charge in [0.05, 0.1) is 24.9 Å². The smallest absolute Gasteiger partial charge is 0.408 e. The van der Waals surface area contributed by atoms with Gasteiger partial charge in [-0.15, -0.1) is 0 Å². The van der Waals surface area contributed by atoms with Crippen molar-refractivity contribution >= 4 is 18.1 Å². The minimum atomic E-state index is -1.15. The van der Waals surface area contributed by atoms with Crippen molar-refractivity contribution in [1.29, 1.82) is 0 Å². The van der Waals surface area contributed by atoms with Crippen LogP contribution in [0.15, 0.2) is 79.0 Å². The number of carbonyl (C=O) groups is 3. The number of pyridine rings is 1. The third-order valence-corrected chi connectivity index (χ3v) is 7.84. The summed E-state index contributed by atoms with van der Waals surface area (Å²) in [7, 11) is 1.23. The normalized spacial score (nSPS) is 14.3. The Kier molecular flexibility index (Phi) is 12.3. The lowest BCUT2D eigenvalue weighted by atomic mass is 9.85. The summed E-state index contributed by atoms with van der Waals surface area (Å²) in [5.74, 6) is -0.439. The number of nitrogens with one attached hydrogen (secondary N) is 2. The van der Waals surface area contributed by atoms with Crippen LogP contribution in [0.2, 0.25) is 0 Å². The maximum absolute atomic E-state index is 13.7. The number of aromatic nitrogens is 1. The van der Waals surface area contributed by atoms with Crippen molar-refractivity contribution in [2.45, 2.75) is 90.6 Å². The summed E-state index contributed by atoms with van der Waals surface area (Å²) >= 11 is 0. The Labute approximate surface area is 272 Å². The van der Waals surface area contributed by atoms with Crippen LogP contribution in [0.3, 0.4) is 0 Å². The van der Waals surface area contributed by atoms with Gasteiger partial charge in [0.1, 0.15) is 6.04 Å². The van der Waals surface area contributed by atoms with Crippen LogP contribution in [0.5, 0.6) is 0 Å². The van der Waals surface area contributed by atoms with Gasteiger partial charge in [0.15, 0.2) is 0 Å². The Morgan fingerprint density at radius 2 is 1.46 bits per heavy atom. The third-order valence-electron chi connectivity index (χ3n) is 7.84. The summed E-state index contributed by atoms with van der Waals surface area (Å²) in [5.41, 5.74) is 2.07. The summed E-state index contributed by atoms with van der Waals surface area (Å²) in [5, 5.41) is 27.8. The largest absolute Gasteiger partial charge is 0.465 e. The highest BCUT2D eigenvalue weighted by molar-refractivity contribution is 5.86. The van der Waals surface area contributed by atoms with E-state index in [1.54, 1.807) is 27.0 Å². The molecule has 0 saturated heterocycles. The lowest BCUT2D eigenvalue weighted by Gasteiger charge is -2.42. The average Bonchev–Trinajstić information content (AvgIpc) is 2.99. The molecular weight excluding hydrogens is 584 g/mol. The van der Waals surface area contributed by atoms with Gasteiger partial charge in [-0.05, 0) is 68.7 Å². The summed E-state index contributed by atoms with van der Waals surface area (Å²) in [6.45, 7) is 10.9. The molecule has 0 spiro atoms. The third kappa shape index (κ3) is 10.3. The number of nitrogens with zero attached hydrogens (tertiary/aromatic N) is 2. The number of benzene rings is 2. The van der Waals surface area contributed by atoms with Crippen molar-refractivity contribution in [2.24, 2.45) is 5.41 Å². The van der Waals surface area contributed by atoms with E-state index < -0.39 is 53.3 Å². The van der Waals surface area contributed by atoms with Gasteiger partial charge in [-0.25, -0.2) is 9.59 Å². The Morgan fingerprint density at radius 3 is 1.98 bits per heavy atom. The molecule has 248 valence electrons. The van der Waals surface area contributed by atoms with Gasteiger partial charge >= 0.3 is 12.2 Å². The van der Waals surface area contributed by atoms with Crippen molar-refractivity contribution in [1.82, 2.24) is 20.5 Å². The van der Waals surface area contributed by atoms with Crippen LogP contribution in [-0.2, 0) is 22.4 Å². The number of hydrogen-bond acceptors (Lipinski definition) is 6. The van der Waals surface area contributed by atoms with E-state index in [4.69, 9.17) is 4.74 Å². The number of carbonyl (C=O) groups excluding carboxylic acids is 2. The predicted octanol–water partition coefficient (Wildman–Crippen LogP) is 5.69. The van der Waals surface area contributed by atoms with Gasteiger partial charge < -0.3 is 25.6 Å². The number of rotatable bonds is 12. The fraction of sp³-hybridized carbons (Fsp3) is 0.444. The number of amides is 3. The summed E-state index contributed by atoms with van der Waals surface area (Å²) in [6.07, 6.45) is -0.611. The van der Waals surface area contributed by atoms with Crippen LogP contribution in [0.4, 0.5) is 9.59 Å². The summed E-state index contributed by atoms with van der Waals surface area (Å²) < 4.78 is 4.77. The lowest BCUT2D eigenvalue weighted by Crippen LogP contribution is -2.59. The number of carboxylic acid groups (broad SMARTS) is 1. The van der Waals surface area contributed by atoms with Gasteiger partial charge in [0, 0.05) is 23.3 Å². The number of aliphatic hydroxyl groups excluding tert-OH is 1. The average molecular weight is 633 g/mol. The van der Waals surface area contributed by atoms with E-state index in [1.807, 2.05) is 93.6 Å². The van der Waals surface area contributed by atoms with Crippen LogP contribution < -0.4 is 10.6 Å². The molecular formula is C36H48N4O6. The molecule has 10 heteroatoms. The molecule has 0 bridgehead atoms. The zero-order valence-electron chi connectivity index (χ0n) is 27.9. The molecule has 4 N–H and O–H groups in total. The Balaban J connectivity index is 1.97. The van der Waals surface area contributed by atoms with Crippen molar-refractivity contribution in [2.75, 3.05) is 7.11 Å². The molecule has 0 aliphatic carbocycles. The second kappa shape index (κ2) is 15.7. The first-order valence-electron chi connectivity index (χ1n) is 15.5. The highest BCUT2D eigenvalue weighted by Crippen LogP contribution is 2.26. The minimum absolute atomic E-state index is 0.0557. The van der Waals surface area contributed by atoms with Crippen LogP contribution >= 0.6 is 0 Å². The number of ether oxygens (including phenoxy) is 1. The van der Waals surface area contributed by atoms with Crippen molar-refractivity contribution in [3.63, 3.8) is 0 Å². The number of methoxy groups -OCH3 is 1. The first-order chi connectivity index (χ1) is 21.6. The lowest BCUT2D eigenvalue weighted by molar-refractivity contribution is -0.126. The predicted molar refractivity (Wildman–Crippen MR) is 178 cm³/mol. The van der Waals surface area contributed by atoms with Gasteiger partial charge in [0.25, 0.3) is 0 Å². The standard InChI is InChI=1S/C36H48N4O6/c1-35(2,3)31(39-33(43)46-7)32(42)38-27(21-25-16-18-26(19-17-25)28-15-11-12-20-37-28)23-30(41)29(22-24-13-9-8-10-14-24)40(34(44)45)36(4,5)6/h8-20,27,29-31,41H,21-23H2,1-7H3,(H,38,42)(H,39,43)(H,44,45)/t27-,29+,30+,31-/m1/s1. The van der Waals surface area contributed by atoms with E-state index in [0.29, 0.717) is 6.42 Å². The van der Waals surface area contributed by atoms with Gasteiger partial charge in [-0.1, -0.05) is 81.4 Å². The van der Waals surface area contributed by atoms with Crippen LogP contribution in [0, 0.1) is 5.41 Å². The van der Waals surface area contributed by atoms with Crippen molar-refractivity contribution in [3.05, 3.63) is 90.1 Å². The van der Waals surface area contributed by atoms with E-state index in [0.717, 1.165) is 22.4 Å². The van der Waals surface area contributed by atoms with Crippen LogP contribution in [0.25, 0.3) is 11.3 Å². The Bertz CT molecular complexity index is 1420. The maximum Gasteiger partial charge on any atom is 0.408 e. The first kappa shape index (κ1) is 36.0. The SMILES string of the molecule is COC(=O)N[C@H](C(=O)N[C@H](Cc1ccc(-c2ccccn2)cc1)C[C@H](O)[C@H](Cc1ccccc1)N(C(=O)O)C(C)(C)C)C(C)(C)C. The van der Waals surface area contributed by atoms with Gasteiger partial charge in [-0.3, -0.25) is 14.7 Å². The van der Waals surface area contributed by atoms with E-state index in [2.05, 4.69) is 15.6 Å². The fourth-order valence-electron chi connectivity index (χ4n) is 5.59. The molecule has 0 aliphatic rings. The topological polar surface area (TPSA) is 141 Å². The number of aliphatic hydroxyl groups is 1. The molecule has 2 aromatic carbocycles. The van der Waals surface area contributed by atoms with E-state index in [1.165, 1.54) is 12.0 Å². The summed E-state index contributed by atoms with van der Waals surface area (Å²) in [4.78, 5) is 44.2. The van der Waals surface area contributed by atoms with Crippen molar-refractivity contribution < 1.29 is 29.3 Å². The van der Waals surface area contributed by atoms with Gasteiger partial charge in [-0.2, -0.15) is 0 Å². The molecule has 4 atom stereocenters. The van der Waals surface area contributed by atoms with Crippen LogP contribution in [0.1, 0.15) is 59.1 Å². The Hall–Kier alpha value is -4.44. The molecule has 3 amide bonds. The molecule has 46 heavy (non-hydrogen) atoms. The minimum Gasteiger partial charge on any atom is -0.465 e. The summed E-state index contributed by atoms with van der Waals surface area (Å²) in [6, 6.07) is 20.6. The maximum atomic E-state index is 13.7. The molecule has 0 saturated carbocycles. The molecule has 10 nitrogen and oxygen atoms in total. The first-order valence-corrected chi connectivity index (χ1v) is 15.5. The molecule has 1 heterocycles. The molecule has 1 aromatic heterocycles. The zero-order valence-corrected chi connectivity index (χ0v) is 27.9. The molecule has 3 aromatic rings. The second-order valence-corrected chi connectivity index (χ2v) is 13.6. The monoisotopic (exact) mass is 632 g/mol. The molecule has 0 radical (unpaired) electrons. The second-order valence-electron chi connectivity index (χ2n) is 13.6. The highest BCUT2D eigenvalue weighted by Gasteiger charge is 2.39. The molecule has 0 aliphatic heterocycles. The molecule has 3 rings (SSSR count). The number of hydrogen-bond donors (Lipinski definition) is 4. The van der Waals surface area contributed by atoms with E-state index >= 15 is 0 Å². The molecule has 0 fully saturated rings. The van der Waals surface area contributed by atoms with Crippen molar-refractivity contribution in [3.8, 4) is 11.3 Å². The quantitative estimate of drug-likeness (QED) is 0.201. The zero-order chi connectivity index (χ0) is 34.1.